The second-order valence-corrected chi connectivity index (χ2v) is 23.4. The van der Waals surface area contributed by atoms with E-state index in [0.29, 0.717) is 19.3 Å². The van der Waals surface area contributed by atoms with Crippen LogP contribution in [0.4, 0.5) is 0 Å². The molecule has 6 heteroatoms. The van der Waals surface area contributed by atoms with E-state index in [1.165, 1.54) is 218 Å². The number of carbonyl (C=O) groups is 3. The van der Waals surface area contributed by atoms with Crippen LogP contribution in [0.5, 0.6) is 0 Å². The maximum atomic E-state index is 13.0. The minimum Gasteiger partial charge on any atom is -0.462 e. The van der Waals surface area contributed by atoms with E-state index in [2.05, 4.69) is 93.7 Å². The molecule has 0 aliphatic rings. The van der Waals surface area contributed by atoms with E-state index in [4.69, 9.17) is 14.2 Å². The fraction of sp³-hybridized carbons (Fsp3) is 0.797. The monoisotopic (exact) mass is 1120 g/mol. The van der Waals surface area contributed by atoms with Crippen molar-refractivity contribution in [3.05, 3.63) is 72.9 Å². The first-order chi connectivity index (χ1) is 39.5. The third-order valence-corrected chi connectivity index (χ3v) is 15.5. The molecule has 0 rings (SSSR count). The predicted molar refractivity (Wildman–Crippen MR) is 348 cm³/mol. The highest BCUT2D eigenvalue weighted by molar-refractivity contribution is 5.71. The van der Waals surface area contributed by atoms with Gasteiger partial charge in [0, 0.05) is 19.3 Å². The highest BCUT2D eigenvalue weighted by atomic mass is 16.6. The zero-order chi connectivity index (χ0) is 57.8. The second kappa shape index (κ2) is 68.3. The maximum absolute atomic E-state index is 13.0. The van der Waals surface area contributed by atoms with Gasteiger partial charge < -0.3 is 14.2 Å². The number of ether oxygens (including phenoxy) is 3. The van der Waals surface area contributed by atoms with Gasteiger partial charge in [-0.3, -0.25) is 14.4 Å². The molecular formula is C74H132O6. The molecule has 0 aliphatic heterocycles. The number of allylic oxidation sites excluding steroid dienone is 12. The lowest BCUT2D eigenvalue weighted by Gasteiger charge is -2.18. The molecule has 1 atom stereocenters. The van der Waals surface area contributed by atoms with Crippen molar-refractivity contribution in [2.24, 2.45) is 0 Å². The Morgan fingerprint density at radius 1 is 0.263 bits per heavy atom. The van der Waals surface area contributed by atoms with Crippen LogP contribution in [0.1, 0.15) is 361 Å². The third kappa shape index (κ3) is 65.7. The standard InChI is InChI=1S/C74H132O6/c1-4-7-10-13-16-19-22-25-28-30-32-34-35-36-37-38-39-41-42-44-46-49-52-55-58-61-64-67-73(76)79-70-71(69-78-72(75)66-63-60-57-54-51-48-27-24-21-18-15-12-9-6-3)80-74(77)68-65-62-59-56-53-50-47-45-43-40-33-31-29-26-23-20-17-14-11-8-5-2/h7,10,16,19,25,28,32,34,36-37,39,41,71H,4-6,8-9,11-15,17-18,20-24,26-27,29-31,33,35,38,40,42-70H2,1-3H3/b10-7-,19-16-,28-25-,34-32-,37-36-,41-39-. The Morgan fingerprint density at radius 3 is 0.762 bits per heavy atom. The fourth-order valence-electron chi connectivity index (χ4n) is 10.3. The van der Waals surface area contributed by atoms with Crippen LogP contribution in [0.25, 0.3) is 0 Å². The van der Waals surface area contributed by atoms with E-state index in [1.807, 2.05) is 0 Å². The molecule has 0 fully saturated rings. The summed E-state index contributed by atoms with van der Waals surface area (Å²) >= 11 is 0. The number of carbonyl (C=O) groups excluding carboxylic acids is 3. The first-order valence-electron chi connectivity index (χ1n) is 34.9. The Balaban J connectivity index is 4.30. The van der Waals surface area contributed by atoms with Gasteiger partial charge in [-0.25, -0.2) is 0 Å². The highest BCUT2D eigenvalue weighted by Gasteiger charge is 2.19. The molecule has 464 valence electrons. The van der Waals surface area contributed by atoms with Crippen LogP contribution < -0.4 is 0 Å². The molecule has 1 unspecified atom stereocenters. The van der Waals surface area contributed by atoms with Crippen molar-refractivity contribution in [2.45, 2.75) is 367 Å². The molecule has 0 aromatic rings. The zero-order valence-corrected chi connectivity index (χ0v) is 53.3. The van der Waals surface area contributed by atoms with Gasteiger partial charge in [0.15, 0.2) is 6.10 Å². The molecule has 80 heavy (non-hydrogen) atoms. The van der Waals surface area contributed by atoms with Gasteiger partial charge in [0.2, 0.25) is 0 Å². The van der Waals surface area contributed by atoms with Crippen LogP contribution in [-0.2, 0) is 28.6 Å². The predicted octanol–water partition coefficient (Wildman–Crippen LogP) is 24.1. The minimum absolute atomic E-state index is 0.0723. The van der Waals surface area contributed by atoms with E-state index in [0.717, 1.165) is 103 Å². The number of esters is 3. The first-order valence-corrected chi connectivity index (χ1v) is 34.9. The van der Waals surface area contributed by atoms with Crippen molar-refractivity contribution in [3.8, 4) is 0 Å². The number of rotatable bonds is 64. The molecule has 0 aromatic heterocycles. The van der Waals surface area contributed by atoms with E-state index in [9.17, 15) is 14.4 Å². The fourth-order valence-corrected chi connectivity index (χ4v) is 10.3. The quantitative estimate of drug-likeness (QED) is 0.0261. The Kier molecular flexibility index (Phi) is 65.7. The molecule has 0 radical (unpaired) electrons. The smallest absolute Gasteiger partial charge is 0.306 e. The number of hydrogen-bond acceptors (Lipinski definition) is 6. The normalized spacial score (nSPS) is 12.5. The summed E-state index contributed by atoms with van der Waals surface area (Å²) in [5.74, 6) is -0.857. The Bertz CT molecular complexity index is 1470. The van der Waals surface area contributed by atoms with Crippen molar-refractivity contribution in [1.29, 1.82) is 0 Å². The summed E-state index contributed by atoms with van der Waals surface area (Å²) in [5, 5.41) is 0. The van der Waals surface area contributed by atoms with Crippen molar-refractivity contribution in [1.82, 2.24) is 0 Å². The van der Waals surface area contributed by atoms with E-state index in [-0.39, 0.29) is 31.1 Å². The van der Waals surface area contributed by atoms with E-state index >= 15 is 0 Å². The molecule has 0 spiro atoms. The molecule has 0 aromatic carbocycles. The van der Waals surface area contributed by atoms with Gasteiger partial charge in [0.25, 0.3) is 0 Å². The van der Waals surface area contributed by atoms with Crippen molar-refractivity contribution < 1.29 is 28.6 Å². The summed E-state index contributed by atoms with van der Waals surface area (Å²) < 4.78 is 17.0. The summed E-state index contributed by atoms with van der Waals surface area (Å²) in [6, 6.07) is 0. The maximum Gasteiger partial charge on any atom is 0.306 e. The van der Waals surface area contributed by atoms with Crippen LogP contribution in [0, 0.1) is 0 Å². The van der Waals surface area contributed by atoms with Crippen molar-refractivity contribution in [3.63, 3.8) is 0 Å². The Labute approximate surface area is 497 Å². The number of hydrogen-bond donors (Lipinski definition) is 0. The summed E-state index contributed by atoms with van der Waals surface area (Å²) in [5.41, 5.74) is 0. The lowest BCUT2D eigenvalue weighted by Crippen LogP contribution is -2.30. The van der Waals surface area contributed by atoms with Gasteiger partial charge in [-0.1, -0.05) is 344 Å². The van der Waals surface area contributed by atoms with Gasteiger partial charge in [-0.2, -0.15) is 0 Å². The molecule has 0 N–H and O–H groups in total. The zero-order valence-electron chi connectivity index (χ0n) is 53.3. The van der Waals surface area contributed by atoms with E-state index in [1.54, 1.807) is 0 Å². The largest absolute Gasteiger partial charge is 0.462 e. The van der Waals surface area contributed by atoms with Crippen molar-refractivity contribution in [2.75, 3.05) is 13.2 Å². The van der Waals surface area contributed by atoms with Gasteiger partial charge in [-0.05, 0) is 70.6 Å². The van der Waals surface area contributed by atoms with Crippen LogP contribution in [0.2, 0.25) is 0 Å². The molecule has 0 aliphatic carbocycles. The molecule has 0 saturated carbocycles. The summed E-state index contributed by atoms with van der Waals surface area (Å²) in [6.07, 6.45) is 89.2. The lowest BCUT2D eigenvalue weighted by atomic mass is 10.0. The van der Waals surface area contributed by atoms with Crippen LogP contribution in [0.15, 0.2) is 72.9 Å². The molecule has 0 amide bonds. The van der Waals surface area contributed by atoms with Gasteiger partial charge >= 0.3 is 17.9 Å². The lowest BCUT2D eigenvalue weighted by molar-refractivity contribution is -0.167. The summed E-state index contributed by atoms with van der Waals surface area (Å²) in [7, 11) is 0. The highest BCUT2D eigenvalue weighted by Crippen LogP contribution is 2.18. The first kappa shape index (κ1) is 76.9. The van der Waals surface area contributed by atoms with Gasteiger partial charge in [0.1, 0.15) is 13.2 Å². The summed E-state index contributed by atoms with van der Waals surface area (Å²) in [6.45, 7) is 6.58. The summed E-state index contributed by atoms with van der Waals surface area (Å²) in [4.78, 5) is 38.4. The van der Waals surface area contributed by atoms with Gasteiger partial charge in [-0.15, -0.1) is 0 Å². The second-order valence-electron chi connectivity index (χ2n) is 23.4. The van der Waals surface area contributed by atoms with Gasteiger partial charge in [0.05, 0.1) is 0 Å². The molecule has 6 nitrogen and oxygen atoms in total. The number of unbranched alkanes of at least 4 members (excludes halogenated alkanes) is 41. The Morgan fingerprint density at radius 2 is 0.487 bits per heavy atom. The molecule has 0 heterocycles. The molecular weight excluding hydrogens is 985 g/mol. The topological polar surface area (TPSA) is 78.9 Å². The molecule has 0 bridgehead atoms. The molecule has 0 saturated heterocycles. The van der Waals surface area contributed by atoms with Crippen molar-refractivity contribution >= 4 is 17.9 Å². The van der Waals surface area contributed by atoms with Crippen LogP contribution >= 0.6 is 0 Å². The van der Waals surface area contributed by atoms with Crippen LogP contribution in [0.3, 0.4) is 0 Å². The van der Waals surface area contributed by atoms with Crippen LogP contribution in [-0.4, -0.2) is 37.2 Å². The average Bonchev–Trinajstić information content (AvgIpc) is 3.46. The third-order valence-electron chi connectivity index (χ3n) is 15.5. The average molecular weight is 1120 g/mol. The Hall–Kier alpha value is -3.15. The SMILES string of the molecule is CC/C=C\C/C=C\C/C=C\C/C=C\C/C=C\C/C=C\CCCCCCCCCCC(=O)OCC(COC(=O)CCCCCCCCCCCCCCCC)OC(=O)CCCCCCCCCCCCCCCCCCCCCCC. The minimum atomic E-state index is -0.777. The van der Waals surface area contributed by atoms with E-state index < -0.39 is 6.10 Å².